The summed E-state index contributed by atoms with van der Waals surface area (Å²) in [7, 11) is 0. The third-order valence-electron chi connectivity index (χ3n) is 4.16. The summed E-state index contributed by atoms with van der Waals surface area (Å²) in [6, 6.07) is 17.7. The molecular weight excluding hydrogens is 388 g/mol. The van der Waals surface area contributed by atoms with E-state index in [2.05, 4.69) is 10.6 Å². The van der Waals surface area contributed by atoms with Crippen LogP contribution in [0.25, 0.3) is 0 Å². The van der Waals surface area contributed by atoms with E-state index in [9.17, 15) is 14.4 Å². The van der Waals surface area contributed by atoms with Gasteiger partial charge in [0.2, 0.25) is 0 Å². The van der Waals surface area contributed by atoms with Gasteiger partial charge in [0.25, 0.3) is 11.8 Å². The van der Waals surface area contributed by atoms with Crippen molar-refractivity contribution in [1.82, 2.24) is 10.6 Å². The van der Waals surface area contributed by atoms with E-state index in [4.69, 9.17) is 4.74 Å². The van der Waals surface area contributed by atoms with Crippen molar-refractivity contribution in [3.8, 4) is 0 Å². The predicted molar refractivity (Wildman–Crippen MR) is 115 cm³/mol. The zero-order valence-electron chi connectivity index (χ0n) is 16.4. The van der Waals surface area contributed by atoms with E-state index in [0.717, 1.165) is 5.56 Å². The molecule has 1 atom stereocenters. The number of benzene rings is 2. The second kappa shape index (κ2) is 12.6. The Bertz CT molecular complexity index is 784. The number of rotatable bonds is 11. The van der Waals surface area contributed by atoms with Crippen molar-refractivity contribution >= 4 is 29.5 Å². The molecule has 0 radical (unpaired) electrons. The Labute approximate surface area is 175 Å². The summed E-state index contributed by atoms with van der Waals surface area (Å²) < 4.78 is 5.13. The van der Waals surface area contributed by atoms with Gasteiger partial charge in [0, 0.05) is 12.1 Å². The molecule has 7 heteroatoms. The van der Waals surface area contributed by atoms with Gasteiger partial charge in [-0.15, -0.1) is 0 Å². The monoisotopic (exact) mass is 414 g/mol. The second-order valence-electron chi connectivity index (χ2n) is 6.37. The van der Waals surface area contributed by atoms with Gasteiger partial charge in [-0.3, -0.25) is 9.59 Å². The molecule has 0 heterocycles. The highest BCUT2D eigenvalue weighted by atomic mass is 32.2. The SMILES string of the molecule is CSCC[C@H](NC(=O)c1ccccc1)C(=O)OCC(=O)NCCc1ccccc1. The van der Waals surface area contributed by atoms with Gasteiger partial charge in [-0.25, -0.2) is 4.79 Å². The molecule has 0 aliphatic rings. The molecule has 0 saturated carbocycles. The largest absolute Gasteiger partial charge is 0.454 e. The molecule has 6 nitrogen and oxygen atoms in total. The maximum atomic E-state index is 12.4. The lowest BCUT2D eigenvalue weighted by Gasteiger charge is -2.17. The van der Waals surface area contributed by atoms with E-state index < -0.39 is 12.0 Å². The van der Waals surface area contributed by atoms with Crippen molar-refractivity contribution in [2.45, 2.75) is 18.9 Å². The van der Waals surface area contributed by atoms with E-state index in [-0.39, 0.29) is 18.4 Å². The molecule has 154 valence electrons. The van der Waals surface area contributed by atoms with Crippen LogP contribution in [0.5, 0.6) is 0 Å². The van der Waals surface area contributed by atoms with Crippen LogP contribution in [0.1, 0.15) is 22.3 Å². The molecule has 0 bridgehead atoms. The highest BCUT2D eigenvalue weighted by Crippen LogP contribution is 2.06. The average molecular weight is 415 g/mol. The summed E-state index contributed by atoms with van der Waals surface area (Å²) in [5, 5.41) is 5.43. The summed E-state index contributed by atoms with van der Waals surface area (Å²) in [6.45, 7) is 0.0889. The molecular formula is C22H26N2O4S. The zero-order valence-corrected chi connectivity index (χ0v) is 17.2. The Kier molecular flexibility index (Phi) is 9.78. The zero-order chi connectivity index (χ0) is 20.9. The summed E-state index contributed by atoms with van der Waals surface area (Å²) in [5.74, 6) is -0.646. The van der Waals surface area contributed by atoms with Crippen molar-refractivity contribution in [1.29, 1.82) is 0 Å². The van der Waals surface area contributed by atoms with Crippen LogP contribution in [0.15, 0.2) is 60.7 Å². The number of carbonyl (C=O) groups excluding carboxylic acids is 3. The number of thioether (sulfide) groups is 1. The van der Waals surface area contributed by atoms with Gasteiger partial charge in [0.15, 0.2) is 6.61 Å². The lowest BCUT2D eigenvalue weighted by atomic mass is 10.1. The maximum absolute atomic E-state index is 12.4. The molecule has 2 amide bonds. The number of esters is 1. The maximum Gasteiger partial charge on any atom is 0.329 e. The molecule has 2 rings (SSSR count). The number of hydrogen-bond acceptors (Lipinski definition) is 5. The lowest BCUT2D eigenvalue weighted by Crippen LogP contribution is -2.43. The predicted octanol–water partition coefficient (Wildman–Crippen LogP) is 2.44. The van der Waals surface area contributed by atoms with Gasteiger partial charge in [-0.2, -0.15) is 11.8 Å². The molecule has 0 aliphatic heterocycles. The molecule has 0 aliphatic carbocycles. The number of nitrogens with one attached hydrogen (secondary N) is 2. The van der Waals surface area contributed by atoms with Crippen LogP contribution >= 0.6 is 11.8 Å². The highest BCUT2D eigenvalue weighted by molar-refractivity contribution is 7.98. The first-order chi connectivity index (χ1) is 14.1. The fourth-order valence-electron chi connectivity index (χ4n) is 2.59. The fraction of sp³-hybridized carbons (Fsp3) is 0.318. The van der Waals surface area contributed by atoms with Gasteiger partial charge in [-0.05, 0) is 42.5 Å². The third-order valence-corrected chi connectivity index (χ3v) is 4.80. The van der Waals surface area contributed by atoms with Crippen LogP contribution in [0.4, 0.5) is 0 Å². The first kappa shape index (κ1) is 22.5. The first-order valence-electron chi connectivity index (χ1n) is 9.42. The summed E-state index contributed by atoms with van der Waals surface area (Å²) in [6.07, 6.45) is 3.04. The molecule has 0 unspecified atom stereocenters. The summed E-state index contributed by atoms with van der Waals surface area (Å²) >= 11 is 1.57. The average Bonchev–Trinajstić information content (AvgIpc) is 2.76. The first-order valence-corrected chi connectivity index (χ1v) is 10.8. The van der Waals surface area contributed by atoms with Crippen LogP contribution in [0.3, 0.4) is 0 Å². The second-order valence-corrected chi connectivity index (χ2v) is 7.35. The van der Waals surface area contributed by atoms with Gasteiger partial charge in [0.1, 0.15) is 6.04 Å². The van der Waals surface area contributed by atoms with Crippen LogP contribution < -0.4 is 10.6 Å². The Hall–Kier alpha value is -2.80. The quantitative estimate of drug-likeness (QED) is 0.552. The minimum Gasteiger partial charge on any atom is -0.454 e. The Morgan fingerprint density at radius 3 is 2.31 bits per heavy atom. The number of carbonyl (C=O) groups is 3. The Balaban J connectivity index is 1.79. The van der Waals surface area contributed by atoms with E-state index in [0.29, 0.717) is 30.7 Å². The minimum atomic E-state index is -0.799. The normalized spacial score (nSPS) is 11.3. The smallest absolute Gasteiger partial charge is 0.329 e. The molecule has 0 saturated heterocycles. The number of hydrogen-bond donors (Lipinski definition) is 2. The number of amides is 2. The summed E-state index contributed by atoms with van der Waals surface area (Å²) in [4.78, 5) is 36.7. The van der Waals surface area contributed by atoms with E-state index >= 15 is 0 Å². The lowest BCUT2D eigenvalue weighted by molar-refractivity contribution is -0.150. The Morgan fingerprint density at radius 1 is 1.00 bits per heavy atom. The van der Waals surface area contributed by atoms with E-state index in [1.165, 1.54) is 0 Å². The molecule has 29 heavy (non-hydrogen) atoms. The topological polar surface area (TPSA) is 84.5 Å². The van der Waals surface area contributed by atoms with Crippen molar-refractivity contribution in [3.63, 3.8) is 0 Å². The van der Waals surface area contributed by atoms with Crippen LogP contribution in [0.2, 0.25) is 0 Å². The van der Waals surface area contributed by atoms with Gasteiger partial charge >= 0.3 is 5.97 Å². The standard InChI is InChI=1S/C22H26N2O4S/c1-29-15-13-19(24-21(26)18-10-6-3-7-11-18)22(27)28-16-20(25)23-14-12-17-8-4-2-5-9-17/h2-11,19H,12-16H2,1H3,(H,23,25)(H,24,26)/t19-/m0/s1. The van der Waals surface area contributed by atoms with Crippen molar-refractivity contribution < 1.29 is 19.1 Å². The molecule has 2 aromatic rings. The van der Waals surface area contributed by atoms with E-state index in [1.807, 2.05) is 42.7 Å². The van der Waals surface area contributed by atoms with E-state index in [1.54, 1.807) is 36.0 Å². The van der Waals surface area contributed by atoms with Gasteiger partial charge in [-0.1, -0.05) is 48.5 Å². The highest BCUT2D eigenvalue weighted by Gasteiger charge is 2.23. The molecule has 2 N–H and O–H groups in total. The third kappa shape index (κ3) is 8.39. The van der Waals surface area contributed by atoms with Crippen molar-refractivity contribution in [3.05, 3.63) is 71.8 Å². The fourth-order valence-corrected chi connectivity index (χ4v) is 3.07. The Morgan fingerprint density at radius 2 is 1.66 bits per heavy atom. The van der Waals surface area contributed by atoms with Crippen LogP contribution in [-0.2, 0) is 20.7 Å². The summed E-state index contributed by atoms with van der Waals surface area (Å²) in [5.41, 5.74) is 1.58. The van der Waals surface area contributed by atoms with Crippen molar-refractivity contribution in [2.24, 2.45) is 0 Å². The van der Waals surface area contributed by atoms with Gasteiger partial charge < -0.3 is 15.4 Å². The van der Waals surface area contributed by atoms with Gasteiger partial charge in [0.05, 0.1) is 0 Å². The van der Waals surface area contributed by atoms with Crippen LogP contribution in [-0.4, -0.2) is 49.0 Å². The molecule has 0 spiro atoms. The van der Waals surface area contributed by atoms with Crippen molar-refractivity contribution in [2.75, 3.05) is 25.2 Å². The number of ether oxygens (including phenoxy) is 1. The molecule has 0 fully saturated rings. The molecule has 2 aromatic carbocycles. The molecule has 0 aromatic heterocycles. The minimum absolute atomic E-state index is 0.346. The van der Waals surface area contributed by atoms with Crippen LogP contribution in [0, 0.1) is 0 Å².